The van der Waals surface area contributed by atoms with E-state index in [0.717, 1.165) is 45.4 Å². The van der Waals surface area contributed by atoms with Gasteiger partial charge in [-0.15, -0.1) is 0 Å². The highest BCUT2D eigenvalue weighted by atomic mass is 16.2. The molecule has 0 aliphatic carbocycles. The van der Waals surface area contributed by atoms with E-state index in [2.05, 4.69) is 36.1 Å². The van der Waals surface area contributed by atoms with Crippen molar-refractivity contribution < 1.29 is 4.79 Å². The Balaban J connectivity index is 2.02. The maximum absolute atomic E-state index is 12.8. The van der Waals surface area contributed by atoms with Crippen LogP contribution >= 0.6 is 0 Å². The van der Waals surface area contributed by atoms with Crippen molar-refractivity contribution in [1.29, 1.82) is 0 Å². The summed E-state index contributed by atoms with van der Waals surface area (Å²) in [5.74, 6) is 0.397. The molecule has 1 atom stereocenters. The fourth-order valence-corrected chi connectivity index (χ4v) is 3.25. The highest BCUT2D eigenvalue weighted by Crippen LogP contribution is 2.33. The maximum Gasteiger partial charge on any atom is 0.228 e. The Hall–Kier alpha value is -0.610. The number of nitrogens with one attached hydrogen (secondary N) is 1. The molecular formula is C14H27N3O. The molecule has 0 spiro atoms. The summed E-state index contributed by atoms with van der Waals surface area (Å²) in [6.07, 6.45) is 4.30. The summed E-state index contributed by atoms with van der Waals surface area (Å²) in [5.41, 5.74) is -0.125. The molecule has 1 N–H and O–H groups in total. The SMILES string of the molecule is CN(C)CC1CCCN1C(=O)C1(C)CCNCC1. The molecule has 0 bridgehead atoms. The van der Waals surface area contributed by atoms with Gasteiger partial charge in [-0.2, -0.15) is 0 Å². The van der Waals surface area contributed by atoms with Crippen molar-refractivity contribution in [3.8, 4) is 0 Å². The standard InChI is InChI=1S/C14H27N3O/c1-14(6-8-15-9-7-14)13(18)17-10-4-5-12(17)11-16(2)3/h12,15H,4-11H2,1-3H3. The van der Waals surface area contributed by atoms with Crippen molar-refractivity contribution in [2.75, 3.05) is 40.3 Å². The number of amides is 1. The van der Waals surface area contributed by atoms with Crippen LogP contribution in [0.15, 0.2) is 0 Å². The van der Waals surface area contributed by atoms with E-state index in [0.29, 0.717) is 11.9 Å². The fraction of sp³-hybridized carbons (Fsp3) is 0.929. The van der Waals surface area contributed by atoms with E-state index in [9.17, 15) is 4.79 Å². The van der Waals surface area contributed by atoms with Gasteiger partial charge in [-0.25, -0.2) is 0 Å². The number of rotatable bonds is 3. The fourth-order valence-electron chi connectivity index (χ4n) is 3.25. The Morgan fingerprint density at radius 1 is 1.39 bits per heavy atom. The molecule has 0 aromatic rings. The average Bonchev–Trinajstić information content (AvgIpc) is 2.76. The Morgan fingerprint density at radius 3 is 2.67 bits per heavy atom. The molecule has 0 saturated carbocycles. The molecule has 0 aromatic carbocycles. The van der Waals surface area contributed by atoms with Gasteiger partial charge in [-0.3, -0.25) is 4.79 Å². The number of carbonyl (C=O) groups is 1. The Morgan fingerprint density at radius 2 is 2.06 bits per heavy atom. The zero-order valence-corrected chi connectivity index (χ0v) is 12.0. The van der Waals surface area contributed by atoms with Crippen LogP contribution in [-0.4, -0.2) is 62.0 Å². The molecule has 0 aromatic heterocycles. The van der Waals surface area contributed by atoms with Crippen molar-refractivity contribution >= 4 is 5.91 Å². The van der Waals surface area contributed by atoms with E-state index in [-0.39, 0.29) is 5.41 Å². The number of hydrogen-bond acceptors (Lipinski definition) is 3. The molecule has 1 amide bonds. The first-order chi connectivity index (χ1) is 8.53. The summed E-state index contributed by atoms with van der Waals surface area (Å²) in [6, 6.07) is 0.430. The van der Waals surface area contributed by atoms with Crippen LogP contribution in [0, 0.1) is 5.41 Å². The number of hydrogen-bond donors (Lipinski definition) is 1. The van der Waals surface area contributed by atoms with E-state index in [1.165, 1.54) is 6.42 Å². The predicted molar refractivity (Wildman–Crippen MR) is 73.5 cm³/mol. The number of nitrogens with zero attached hydrogens (tertiary/aromatic N) is 2. The second-order valence-electron chi connectivity index (χ2n) is 6.37. The largest absolute Gasteiger partial charge is 0.338 e. The third-order valence-electron chi connectivity index (χ3n) is 4.44. The smallest absolute Gasteiger partial charge is 0.228 e. The number of carbonyl (C=O) groups excluding carboxylic acids is 1. The number of likely N-dealkylation sites (tertiary alicyclic amines) is 1. The van der Waals surface area contributed by atoms with Crippen LogP contribution in [0.25, 0.3) is 0 Å². The molecule has 2 aliphatic heterocycles. The van der Waals surface area contributed by atoms with Gasteiger partial charge in [0.25, 0.3) is 0 Å². The summed E-state index contributed by atoms with van der Waals surface area (Å²) >= 11 is 0. The van der Waals surface area contributed by atoms with Gasteiger partial charge in [0, 0.05) is 24.5 Å². The average molecular weight is 253 g/mol. The normalized spacial score (nSPS) is 27.8. The molecule has 0 radical (unpaired) electrons. The molecule has 104 valence electrons. The topological polar surface area (TPSA) is 35.6 Å². The van der Waals surface area contributed by atoms with Crippen molar-refractivity contribution in [1.82, 2.24) is 15.1 Å². The molecule has 2 aliphatic rings. The van der Waals surface area contributed by atoms with Gasteiger partial charge in [0.2, 0.25) is 5.91 Å². The zero-order chi connectivity index (χ0) is 13.2. The molecule has 2 heterocycles. The monoisotopic (exact) mass is 253 g/mol. The third kappa shape index (κ3) is 2.86. The predicted octanol–water partition coefficient (Wildman–Crippen LogP) is 0.929. The number of likely N-dealkylation sites (N-methyl/N-ethyl adjacent to an activating group) is 1. The zero-order valence-electron chi connectivity index (χ0n) is 12.0. The van der Waals surface area contributed by atoms with Gasteiger partial charge in [0.05, 0.1) is 0 Å². The number of piperidine rings is 1. The molecule has 2 saturated heterocycles. The van der Waals surface area contributed by atoms with E-state index in [1.54, 1.807) is 0 Å². The van der Waals surface area contributed by atoms with Gasteiger partial charge in [0.1, 0.15) is 0 Å². The molecule has 2 rings (SSSR count). The molecular weight excluding hydrogens is 226 g/mol. The van der Waals surface area contributed by atoms with Gasteiger partial charge < -0.3 is 15.1 Å². The summed E-state index contributed by atoms with van der Waals surface area (Å²) < 4.78 is 0. The molecule has 1 unspecified atom stereocenters. The second kappa shape index (κ2) is 5.57. The van der Waals surface area contributed by atoms with Gasteiger partial charge >= 0.3 is 0 Å². The van der Waals surface area contributed by atoms with Crippen LogP contribution in [0.1, 0.15) is 32.6 Å². The molecule has 4 nitrogen and oxygen atoms in total. The van der Waals surface area contributed by atoms with Crippen LogP contribution in [0.5, 0.6) is 0 Å². The van der Waals surface area contributed by atoms with Gasteiger partial charge in [-0.1, -0.05) is 6.92 Å². The lowest BCUT2D eigenvalue weighted by Gasteiger charge is -2.38. The van der Waals surface area contributed by atoms with E-state index in [4.69, 9.17) is 0 Å². The third-order valence-corrected chi connectivity index (χ3v) is 4.44. The Labute approximate surface area is 111 Å². The Kier molecular flexibility index (Phi) is 4.28. The lowest BCUT2D eigenvalue weighted by atomic mass is 9.79. The lowest BCUT2D eigenvalue weighted by Crippen LogP contribution is -2.51. The van der Waals surface area contributed by atoms with Crippen molar-refractivity contribution in [2.45, 2.75) is 38.6 Å². The highest BCUT2D eigenvalue weighted by molar-refractivity contribution is 5.83. The van der Waals surface area contributed by atoms with Gasteiger partial charge in [0.15, 0.2) is 0 Å². The minimum atomic E-state index is -0.125. The molecule has 4 heteroatoms. The lowest BCUT2D eigenvalue weighted by molar-refractivity contribution is -0.143. The van der Waals surface area contributed by atoms with E-state index < -0.39 is 0 Å². The second-order valence-corrected chi connectivity index (χ2v) is 6.37. The van der Waals surface area contributed by atoms with Crippen molar-refractivity contribution in [2.24, 2.45) is 5.41 Å². The van der Waals surface area contributed by atoms with Crippen molar-refractivity contribution in [3.63, 3.8) is 0 Å². The first-order valence-electron chi connectivity index (χ1n) is 7.19. The van der Waals surface area contributed by atoms with Crippen LogP contribution in [0.2, 0.25) is 0 Å². The summed E-state index contributed by atoms with van der Waals surface area (Å²) in [7, 11) is 4.18. The van der Waals surface area contributed by atoms with E-state index in [1.807, 2.05) is 0 Å². The summed E-state index contributed by atoms with van der Waals surface area (Å²) in [4.78, 5) is 17.1. The van der Waals surface area contributed by atoms with Crippen LogP contribution in [0.4, 0.5) is 0 Å². The quantitative estimate of drug-likeness (QED) is 0.813. The van der Waals surface area contributed by atoms with Crippen LogP contribution < -0.4 is 5.32 Å². The van der Waals surface area contributed by atoms with Gasteiger partial charge in [-0.05, 0) is 52.9 Å². The first-order valence-corrected chi connectivity index (χ1v) is 7.19. The minimum Gasteiger partial charge on any atom is -0.338 e. The van der Waals surface area contributed by atoms with E-state index >= 15 is 0 Å². The highest BCUT2D eigenvalue weighted by Gasteiger charge is 2.41. The molecule has 18 heavy (non-hydrogen) atoms. The van der Waals surface area contributed by atoms with Crippen LogP contribution in [0.3, 0.4) is 0 Å². The Bertz CT molecular complexity index is 297. The summed E-state index contributed by atoms with van der Waals surface area (Å²) in [5, 5.41) is 3.35. The van der Waals surface area contributed by atoms with Crippen LogP contribution in [-0.2, 0) is 4.79 Å². The molecule has 2 fully saturated rings. The maximum atomic E-state index is 12.8. The summed E-state index contributed by atoms with van der Waals surface area (Å²) in [6.45, 7) is 6.07. The van der Waals surface area contributed by atoms with Crippen molar-refractivity contribution in [3.05, 3.63) is 0 Å². The minimum absolute atomic E-state index is 0.125. The first kappa shape index (κ1) is 13.8.